The number of rotatable bonds is 10. The lowest BCUT2D eigenvalue weighted by Gasteiger charge is -2.23. The van der Waals surface area contributed by atoms with Crippen LogP contribution in [0.15, 0.2) is 83.7 Å². The Labute approximate surface area is 208 Å². The first-order valence-corrected chi connectivity index (χ1v) is 11.7. The molecule has 0 saturated heterocycles. The van der Waals surface area contributed by atoms with Crippen molar-refractivity contribution < 1.29 is 18.4 Å². The summed E-state index contributed by atoms with van der Waals surface area (Å²) in [4.78, 5) is 30.9. The maximum atomic E-state index is 14.0. The van der Waals surface area contributed by atoms with E-state index in [-0.39, 0.29) is 23.4 Å². The fraction of sp³-hybridized carbons (Fsp3) is 0.222. The number of urea groups is 1. The Morgan fingerprint density at radius 3 is 2.64 bits per heavy atom. The number of para-hydroxylation sites is 1. The van der Waals surface area contributed by atoms with Crippen molar-refractivity contribution in [1.29, 1.82) is 0 Å². The smallest absolute Gasteiger partial charge is 0.322 e. The maximum Gasteiger partial charge on any atom is 0.322 e. The molecular weight excluding hydrogens is 461 g/mol. The van der Waals surface area contributed by atoms with Crippen LogP contribution < -0.4 is 10.6 Å². The molecule has 0 radical (unpaired) electrons. The van der Waals surface area contributed by atoms with E-state index in [1.165, 1.54) is 12.1 Å². The quantitative estimate of drug-likeness (QED) is 0.327. The fourth-order valence-electron chi connectivity index (χ4n) is 3.74. The van der Waals surface area contributed by atoms with Crippen LogP contribution in [-0.4, -0.2) is 32.9 Å². The van der Waals surface area contributed by atoms with Gasteiger partial charge < -0.3 is 24.5 Å². The van der Waals surface area contributed by atoms with Crippen LogP contribution in [0.4, 0.5) is 14.9 Å². The minimum atomic E-state index is -0.482. The molecule has 0 spiro atoms. The number of amides is 3. The number of carbonyl (C=O) groups is 2. The van der Waals surface area contributed by atoms with Crippen molar-refractivity contribution in [3.05, 3.63) is 108 Å². The van der Waals surface area contributed by atoms with E-state index in [0.29, 0.717) is 31.9 Å². The molecule has 0 aliphatic heterocycles. The lowest BCUT2D eigenvalue weighted by Crippen LogP contribution is -2.36. The molecule has 8 nitrogen and oxygen atoms in total. The van der Waals surface area contributed by atoms with Crippen LogP contribution in [0.2, 0.25) is 0 Å². The number of carbonyl (C=O) groups excluding carboxylic acids is 2. The van der Waals surface area contributed by atoms with Gasteiger partial charge >= 0.3 is 6.03 Å². The molecule has 3 amide bonds. The van der Waals surface area contributed by atoms with Crippen LogP contribution in [-0.2, 0) is 19.6 Å². The number of pyridine rings is 1. The van der Waals surface area contributed by atoms with Crippen LogP contribution in [0.1, 0.15) is 40.9 Å². The van der Waals surface area contributed by atoms with E-state index >= 15 is 0 Å². The highest BCUT2D eigenvalue weighted by atomic mass is 19.1. The third-order valence-corrected chi connectivity index (χ3v) is 5.59. The monoisotopic (exact) mass is 489 g/mol. The van der Waals surface area contributed by atoms with Crippen molar-refractivity contribution in [2.24, 2.45) is 0 Å². The molecule has 0 atom stereocenters. The van der Waals surface area contributed by atoms with Gasteiger partial charge in [0.05, 0.1) is 18.8 Å². The van der Waals surface area contributed by atoms with E-state index in [1.807, 2.05) is 42.0 Å². The van der Waals surface area contributed by atoms with E-state index in [1.54, 1.807) is 41.6 Å². The van der Waals surface area contributed by atoms with Crippen molar-refractivity contribution in [3.63, 3.8) is 0 Å². The predicted octanol–water partition coefficient (Wildman–Crippen LogP) is 5.04. The average molecular weight is 490 g/mol. The summed E-state index contributed by atoms with van der Waals surface area (Å²) in [6, 6.07) is 16.6. The summed E-state index contributed by atoms with van der Waals surface area (Å²) in [7, 11) is 0. The first-order valence-electron chi connectivity index (χ1n) is 11.7. The van der Waals surface area contributed by atoms with E-state index in [0.717, 1.165) is 17.7 Å². The molecule has 3 aromatic heterocycles. The normalized spacial score (nSPS) is 10.7. The number of hydrogen-bond acceptors (Lipinski definition) is 4. The predicted molar refractivity (Wildman–Crippen MR) is 134 cm³/mol. The van der Waals surface area contributed by atoms with Crippen LogP contribution in [0, 0.1) is 5.82 Å². The van der Waals surface area contributed by atoms with Gasteiger partial charge in [0.1, 0.15) is 11.6 Å². The zero-order valence-electron chi connectivity index (χ0n) is 20.0. The summed E-state index contributed by atoms with van der Waals surface area (Å²) in [6.07, 6.45) is 5.99. The molecule has 0 unspecified atom stereocenters. The molecule has 4 aromatic rings. The van der Waals surface area contributed by atoms with Crippen molar-refractivity contribution in [2.75, 3.05) is 11.9 Å². The van der Waals surface area contributed by atoms with E-state index < -0.39 is 5.82 Å². The fourth-order valence-corrected chi connectivity index (χ4v) is 3.74. The van der Waals surface area contributed by atoms with E-state index in [4.69, 9.17) is 4.42 Å². The molecule has 9 heteroatoms. The van der Waals surface area contributed by atoms with Gasteiger partial charge in [-0.25, -0.2) is 9.18 Å². The highest BCUT2D eigenvalue weighted by Gasteiger charge is 2.17. The Morgan fingerprint density at radius 2 is 1.86 bits per heavy atom. The second-order valence-corrected chi connectivity index (χ2v) is 8.26. The summed E-state index contributed by atoms with van der Waals surface area (Å²) < 4.78 is 21.7. The van der Waals surface area contributed by atoms with E-state index in [9.17, 15) is 14.0 Å². The molecule has 36 heavy (non-hydrogen) atoms. The second kappa shape index (κ2) is 11.8. The molecule has 2 N–H and O–H groups in total. The van der Waals surface area contributed by atoms with E-state index in [2.05, 4.69) is 15.6 Å². The Morgan fingerprint density at radius 1 is 1.06 bits per heavy atom. The van der Waals surface area contributed by atoms with Gasteiger partial charge in [-0.2, -0.15) is 0 Å². The summed E-state index contributed by atoms with van der Waals surface area (Å²) in [5.74, 6) is 0.0536. The minimum absolute atomic E-state index is 0.143. The number of hydrogen-bond donors (Lipinski definition) is 2. The van der Waals surface area contributed by atoms with Gasteiger partial charge in [0, 0.05) is 37.4 Å². The first kappa shape index (κ1) is 24.7. The standard InChI is InChI=1S/C27H28FN5O3/c1-2-15-33(27(35)31-24-8-4-3-7-23(24)28)18-21-6-5-16-32(21)19-22-9-10-25(36-22)26(34)30-17-20-11-13-29-14-12-20/h3-14,16H,2,15,17-19H2,1H3,(H,30,34)(H,31,35). The summed E-state index contributed by atoms with van der Waals surface area (Å²) >= 11 is 0. The van der Waals surface area contributed by atoms with Crippen molar-refractivity contribution in [1.82, 2.24) is 19.8 Å². The SMILES string of the molecule is CCCN(Cc1cccn1Cc1ccc(C(=O)NCc2ccncc2)o1)C(=O)Nc1ccccc1F. The highest BCUT2D eigenvalue weighted by Crippen LogP contribution is 2.17. The van der Waals surface area contributed by atoms with Crippen molar-refractivity contribution in [3.8, 4) is 0 Å². The summed E-state index contributed by atoms with van der Waals surface area (Å²) in [6.45, 7) is 3.60. The van der Waals surface area contributed by atoms with Gasteiger partial charge in [-0.3, -0.25) is 9.78 Å². The number of furan rings is 1. The van der Waals surface area contributed by atoms with Gasteiger partial charge in [0.2, 0.25) is 0 Å². The number of halogens is 1. The number of anilines is 1. The largest absolute Gasteiger partial charge is 0.454 e. The summed E-state index contributed by atoms with van der Waals surface area (Å²) in [5, 5.41) is 5.48. The van der Waals surface area contributed by atoms with Crippen LogP contribution in [0.3, 0.4) is 0 Å². The number of nitrogens with zero attached hydrogens (tertiary/aromatic N) is 3. The Bertz CT molecular complexity index is 1300. The molecule has 186 valence electrons. The lowest BCUT2D eigenvalue weighted by molar-refractivity contribution is 0.0921. The molecule has 0 aliphatic carbocycles. The van der Waals surface area contributed by atoms with Crippen molar-refractivity contribution in [2.45, 2.75) is 33.0 Å². The second-order valence-electron chi connectivity index (χ2n) is 8.26. The molecule has 4 rings (SSSR count). The first-order chi connectivity index (χ1) is 17.5. The van der Waals surface area contributed by atoms with Crippen LogP contribution in [0.25, 0.3) is 0 Å². The van der Waals surface area contributed by atoms with Gasteiger partial charge in [-0.15, -0.1) is 0 Å². The Hall–Kier alpha value is -4.40. The number of benzene rings is 1. The Kier molecular flexibility index (Phi) is 8.12. The number of aromatic nitrogens is 2. The maximum absolute atomic E-state index is 14.0. The molecule has 0 fully saturated rings. The third kappa shape index (κ3) is 6.38. The van der Waals surface area contributed by atoms with Crippen LogP contribution in [0.5, 0.6) is 0 Å². The molecular formula is C27H28FN5O3. The lowest BCUT2D eigenvalue weighted by atomic mass is 10.2. The third-order valence-electron chi connectivity index (χ3n) is 5.59. The topological polar surface area (TPSA) is 92.4 Å². The molecule has 3 heterocycles. The van der Waals surface area contributed by atoms with Gasteiger partial charge in [-0.05, 0) is 60.5 Å². The minimum Gasteiger partial charge on any atom is -0.454 e. The molecule has 0 saturated carbocycles. The molecule has 0 bridgehead atoms. The van der Waals surface area contributed by atoms with Gasteiger partial charge in [-0.1, -0.05) is 19.1 Å². The summed E-state index contributed by atoms with van der Waals surface area (Å²) in [5.41, 5.74) is 1.97. The molecule has 0 aliphatic rings. The van der Waals surface area contributed by atoms with Crippen LogP contribution >= 0.6 is 0 Å². The zero-order valence-corrected chi connectivity index (χ0v) is 20.0. The molecule has 1 aromatic carbocycles. The van der Waals surface area contributed by atoms with Gasteiger partial charge in [0.25, 0.3) is 5.91 Å². The Balaban J connectivity index is 1.38. The zero-order chi connectivity index (χ0) is 25.3. The number of nitrogens with one attached hydrogen (secondary N) is 2. The average Bonchev–Trinajstić information content (AvgIpc) is 3.54. The highest BCUT2D eigenvalue weighted by molar-refractivity contribution is 5.91. The van der Waals surface area contributed by atoms with Crippen molar-refractivity contribution >= 4 is 17.6 Å². The van der Waals surface area contributed by atoms with Gasteiger partial charge in [0.15, 0.2) is 5.76 Å².